The number of hydrogen-bond acceptors (Lipinski definition) is 6. The molecular formula is C30H29N7O2. The molecule has 3 aromatic heterocycles. The van der Waals surface area contributed by atoms with Gasteiger partial charge in [-0.25, -0.2) is 9.50 Å². The van der Waals surface area contributed by atoms with Crippen molar-refractivity contribution in [1.29, 1.82) is 0 Å². The molecule has 1 N–H and O–H groups in total. The predicted molar refractivity (Wildman–Crippen MR) is 147 cm³/mol. The first-order valence-corrected chi connectivity index (χ1v) is 13.2. The first-order chi connectivity index (χ1) is 19.0. The van der Waals surface area contributed by atoms with Gasteiger partial charge in [0.15, 0.2) is 5.65 Å². The third-order valence-corrected chi connectivity index (χ3v) is 7.22. The number of rotatable bonds is 5. The van der Waals surface area contributed by atoms with Gasteiger partial charge in [-0.3, -0.25) is 19.5 Å². The third kappa shape index (κ3) is 5.66. The zero-order valence-corrected chi connectivity index (χ0v) is 21.8. The van der Waals surface area contributed by atoms with E-state index in [2.05, 4.69) is 50.1 Å². The SMILES string of the molecule is Cc1cc(NC(=O)c2cncc(C#Cc3cnc4cccnn34)c2)ccc1CN1CCN(C(=O)C2CC2)CC1. The predicted octanol–water partition coefficient (Wildman–Crippen LogP) is 3.14. The summed E-state index contributed by atoms with van der Waals surface area (Å²) in [7, 11) is 0. The van der Waals surface area contributed by atoms with E-state index in [1.807, 2.05) is 29.2 Å². The number of imidazole rings is 1. The van der Waals surface area contributed by atoms with Crippen molar-refractivity contribution >= 4 is 23.1 Å². The van der Waals surface area contributed by atoms with E-state index in [0.29, 0.717) is 22.7 Å². The van der Waals surface area contributed by atoms with Crippen LogP contribution < -0.4 is 5.32 Å². The zero-order chi connectivity index (χ0) is 26.8. The summed E-state index contributed by atoms with van der Waals surface area (Å²) in [6.07, 6.45) is 8.62. The largest absolute Gasteiger partial charge is 0.340 e. The molecule has 0 radical (unpaired) electrons. The Balaban J connectivity index is 1.07. The zero-order valence-electron chi connectivity index (χ0n) is 21.8. The second-order valence-corrected chi connectivity index (χ2v) is 10.1. The number of fused-ring (bicyclic) bond motifs is 1. The van der Waals surface area contributed by atoms with Gasteiger partial charge < -0.3 is 10.2 Å². The van der Waals surface area contributed by atoms with Gasteiger partial charge in [-0.15, -0.1) is 0 Å². The summed E-state index contributed by atoms with van der Waals surface area (Å²) in [5.41, 5.74) is 5.49. The summed E-state index contributed by atoms with van der Waals surface area (Å²) in [6, 6.07) is 11.4. The molecule has 4 aromatic rings. The molecule has 2 amide bonds. The van der Waals surface area contributed by atoms with Gasteiger partial charge in [0.05, 0.1) is 11.8 Å². The molecule has 0 atom stereocenters. The molecule has 1 saturated carbocycles. The lowest BCUT2D eigenvalue weighted by molar-refractivity contribution is -0.134. The number of nitrogens with one attached hydrogen (secondary N) is 1. The smallest absolute Gasteiger partial charge is 0.257 e. The highest BCUT2D eigenvalue weighted by Gasteiger charge is 2.34. The molecule has 1 saturated heterocycles. The Bertz CT molecular complexity index is 1600. The fourth-order valence-corrected chi connectivity index (χ4v) is 4.79. The second-order valence-electron chi connectivity index (χ2n) is 10.1. The summed E-state index contributed by atoms with van der Waals surface area (Å²) in [6.45, 7) is 6.27. The van der Waals surface area contributed by atoms with Crippen molar-refractivity contribution < 1.29 is 9.59 Å². The molecule has 39 heavy (non-hydrogen) atoms. The molecule has 0 spiro atoms. The Morgan fingerprint density at radius 2 is 1.87 bits per heavy atom. The van der Waals surface area contributed by atoms with Crippen molar-refractivity contribution in [3.05, 3.63) is 89.1 Å². The van der Waals surface area contributed by atoms with Crippen LogP contribution in [0.25, 0.3) is 5.65 Å². The van der Waals surface area contributed by atoms with Gasteiger partial charge in [0.2, 0.25) is 5.91 Å². The number of hydrogen-bond donors (Lipinski definition) is 1. The Morgan fingerprint density at radius 3 is 2.67 bits per heavy atom. The lowest BCUT2D eigenvalue weighted by Crippen LogP contribution is -2.48. The molecule has 4 heterocycles. The molecule has 9 nitrogen and oxygen atoms in total. The van der Waals surface area contributed by atoms with Crippen molar-refractivity contribution in [2.24, 2.45) is 5.92 Å². The molecule has 1 aromatic carbocycles. The molecule has 196 valence electrons. The summed E-state index contributed by atoms with van der Waals surface area (Å²) >= 11 is 0. The van der Waals surface area contributed by atoms with Gasteiger partial charge in [0, 0.05) is 68.5 Å². The van der Waals surface area contributed by atoms with Crippen molar-refractivity contribution in [3.63, 3.8) is 0 Å². The average Bonchev–Trinajstić information content (AvgIpc) is 3.73. The highest BCUT2D eigenvalue weighted by atomic mass is 16.2. The number of piperazine rings is 1. The second kappa shape index (κ2) is 10.7. The lowest BCUT2D eigenvalue weighted by Gasteiger charge is -2.35. The van der Waals surface area contributed by atoms with Crippen molar-refractivity contribution in [1.82, 2.24) is 29.4 Å². The third-order valence-electron chi connectivity index (χ3n) is 7.22. The Labute approximate surface area is 226 Å². The van der Waals surface area contributed by atoms with E-state index >= 15 is 0 Å². The Morgan fingerprint density at radius 1 is 1.03 bits per heavy atom. The Kier molecular flexibility index (Phi) is 6.78. The van der Waals surface area contributed by atoms with Crippen LogP contribution in [0.3, 0.4) is 0 Å². The average molecular weight is 520 g/mol. The monoisotopic (exact) mass is 519 g/mol. The highest BCUT2D eigenvalue weighted by Crippen LogP contribution is 2.31. The number of aryl methyl sites for hydroxylation is 1. The molecule has 0 bridgehead atoms. The lowest BCUT2D eigenvalue weighted by atomic mass is 10.1. The van der Waals surface area contributed by atoms with Gasteiger partial charge in [-0.1, -0.05) is 12.0 Å². The van der Waals surface area contributed by atoms with Gasteiger partial charge in [-0.05, 0) is 67.1 Å². The molecule has 1 aliphatic heterocycles. The van der Waals surface area contributed by atoms with Crippen molar-refractivity contribution in [3.8, 4) is 11.8 Å². The summed E-state index contributed by atoms with van der Waals surface area (Å²) < 4.78 is 1.67. The minimum absolute atomic E-state index is 0.244. The van der Waals surface area contributed by atoms with E-state index in [1.165, 1.54) is 11.8 Å². The van der Waals surface area contributed by atoms with E-state index in [0.717, 1.165) is 62.5 Å². The van der Waals surface area contributed by atoms with Crippen LogP contribution in [-0.4, -0.2) is 67.4 Å². The molecule has 2 aliphatic rings. The van der Waals surface area contributed by atoms with Crippen LogP contribution >= 0.6 is 0 Å². The number of pyridine rings is 1. The van der Waals surface area contributed by atoms with Gasteiger partial charge in [0.25, 0.3) is 5.91 Å². The summed E-state index contributed by atoms with van der Waals surface area (Å²) in [5.74, 6) is 6.48. The standard InChI is InChI=1S/C30H29N7O2/c1-21-15-26(8-7-24(21)20-35-11-13-36(14-12-35)30(39)23-5-6-23)34-29(38)25-16-22(17-31-18-25)4-9-27-19-32-28-3-2-10-33-37(27)28/h2-3,7-8,10,15-19,23H,5-6,11-14,20H2,1H3,(H,34,38). The number of nitrogens with zero attached hydrogens (tertiary/aromatic N) is 6. The minimum atomic E-state index is -0.244. The number of benzene rings is 1. The van der Waals surface area contributed by atoms with Gasteiger partial charge >= 0.3 is 0 Å². The molecule has 2 fully saturated rings. The number of amides is 2. The normalized spacial score (nSPS) is 15.6. The van der Waals surface area contributed by atoms with Crippen LogP contribution in [0.5, 0.6) is 0 Å². The number of aromatic nitrogens is 4. The van der Waals surface area contributed by atoms with E-state index < -0.39 is 0 Å². The van der Waals surface area contributed by atoms with Crippen LogP contribution in [0.15, 0.2) is 61.2 Å². The molecular weight excluding hydrogens is 490 g/mol. The minimum Gasteiger partial charge on any atom is -0.340 e. The van der Waals surface area contributed by atoms with Gasteiger partial charge in [0.1, 0.15) is 5.69 Å². The van der Waals surface area contributed by atoms with Crippen LogP contribution in [0.1, 0.15) is 45.6 Å². The maximum atomic E-state index is 13.0. The van der Waals surface area contributed by atoms with Crippen LogP contribution in [0.4, 0.5) is 5.69 Å². The number of carbonyl (C=O) groups excluding carboxylic acids is 2. The number of carbonyl (C=O) groups is 2. The van der Waals surface area contributed by atoms with Crippen molar-refractivity contribution in [2.75, 3.05) is 31.5 Å². The van der Waals surface area contributed by atoms with E-state index in [4.69, 9.17) is 0 Å². The van der Waals surface area contributed by atoms with Crippen LogP contribution in [0.2, 0.25) is 0 Å². The maximum Gasteiger partial charge on any atom is 0.257 e. The topological polar surface area (TPSA) is 95.7 Å². The fourth-order valence-electron chi connectivity index (χ4n) is 4.79. The summed E-state index contributed by atoms with van der Waals surface area (Å²) in [4.78, 5) is 38.2. The van der Waals surface area contributed by atoms with E-state index in [-0.39, 0.29) is 11.8 Å². The van der Waals surface area contributed by atoms with Gasteiger partial charge in [-0.2, -0.15) is 5.10 Å². The van der Waals surface area contributed by atoms with Crippen LogP contribution in [-0.2, 0) is 11.3 Å². The maximum absolute atomic E-state index is 13.0. The summed E-state index contributed by atoms with van der Waals surface area (Å²) in [5, 5.41) is 7.24. The van der Waals surface area contributed by atoms with Crippen molar-refractivity contribution in [2.45, 2.75) is 26.3 Å². The molecule has 9 heteroatoms. The molecule has 6 rings (SSSR count). The van der Waals surface area contributed by atoms with E-state index in [9.17, 15) is 9.59 Å². The number of anilines is 1. The molecule has 0 unspecified atom stereocenters. The fraction of sp³-hybridized carbons (Fsp3) is 0.300. The molecule has 1 aliphatic carbocycles. The van der Waals surface area contributed by atoms with E-state index in [1.54, 1.807) is 29.2 Å². The first-order valence-electron chi connectivity index (χ1n) is 13.2. The van der Waals surface area contributed by atoms with Crippen LogP contribution in [0, 0.1) is 24.7 Å². The first kappa shape index (κ1) is 24.8. The Hall–Kier alpha value is -4.55. The quantitative estimate of drug-likeness (QED) is 0.407. The highest BCUT2D eigenvalue weighted by molar-refractivity contribution is 6.04.